The molecule has 1 aromatic rings. The summed E-state index contributed by atoms with van der Waals surface area (Å²) in [5.41, 5.74) is 0. The predicted octanol–water partition coefficient (Wildman–Crippen LogP) is 3.94. The van der Waals surface area contributed by atoms with Crippen LogP contribution in [-0.4, -0.2) is 59.9 Å². The molecule has 1 heterocycles. The van der Waals surface area contributed by atoms with Crippen LogP contribution in [-0.2, 0) is 4.74 Å². The Hall–Kier alpha value is -1.62. The third-order valence-corrected chi connectivity index (χ3v) is 4.39. The first-order chi connectivity index (χ1) is 11.6. The van der Waals surface area contributed by atoms with Crippen molar-refractivity contribution in [3.63, 3.8) is 0 Å². The van der Waals surface area contributed by atoms with Gasteiger partial charge in [-0.2, -0.15) is 26.3 Å². The summed E-state index contributed by atoms with van der Waals surface area (Å²) >= 11 is 1.40. The molecule has 0 radical (unpaired) electrons. The van der Waals surface area contributed by atoms with Crippen molar-refractivity contribution in [1.82, 2.24) is 9.21 Å². The van der Waals surface area contributed by atoms with Gasteiger partial charge in [-0.15, -0.1) is 0 Å². The second-order valence-electron chi connectivity index (χ2n) is 5.17. The van der Waals surface area contributed by atoms with Crippen molar-refractivity contribution in [2.24, 2.45) is 0 Å². The van der Waals surface area contributed by atoms with E-state index in [1.54, 1.807) is 0 Å². The maximum Gasteiger partial charge on any atom is 0.434 e. The number of halogens is 6. The van der Waals surface area contributed by atoms with Crippen LogP contribution in [0, 0.1) is 0 Å². The van der Waals surface area contributed by atoms with Crippen molar-refractivity contribution >= 4 is 18.0 Å². The summed E-state index contributed by atoms with van der Waals surface area (Å²) in [7, 11) is 0. The van der Waals surface area contributed by atoms with Crippen LogP contribution in [0.4, 0.5) is 31.1 Å². The number of nitrogens with zero attached hydrogens (tertiary/aromatic N) is 2. The number of piperazine rings is 1. The Bertz CT molecular complexity index is 559. The number of benzene rings is 1. The third-order valence-electron chi connectivity index (χ3n) is 3.29. The summed E-state index contributed by atoms with van der Waals surface area (Å²) in [4.78, 5) is 13.4. The topological polar surface area (TPSA) is 32.8 Å². The predicted molar refractivity (Wildman–Crippen MR) is 77.8 cm³/mol. The van der Waals surface area contributed by atoms with E-state index in [1.807, 2.05) is 34.6 Å². The van der Waals surface area contributed by atoms with E-state index >= 15 is 0 Å². The minimum absolute atomic E-state index is 0.0267. The van der Waals surface area contributed by atoms with Gasteiger partial charge in [0.15, 0.2) is 0 Å². The average Bonchev–Trinajstić information content (AvgIpc) is 2.52. The fraction of sp³-hybridized carbons (Fsp3) is 0.500. The number of carbonyl (C=O) groups is 1. The van der Waals surface area contributed by atoms with Crippen LogP contribution in [0.15, 0.2) is 35.2 Å². The molecule has 1 saturated heterocycles. The summed E-state index contributed by atoms with van der Waals surface area (Å²) in [6.45, 7) is 0.525. The molecule has 0 saturated carbocycles. The molecular weight excluding hydrogens is 374 g/mol. The molecule has 1 amide bonds. The summed E-state index contributed by atoms with van der Waals surface area (Å²) in [6, 6.07) is 9.25. The quantitative estimate of drug-likeness (QED) is 0.580. The van der Waals surface area contributed by atoms with E-state index in [1.165, 1.54) is 11.9 Å². The van der Waals surface area contributed by atoms with Gasteiger partial charge in [0.25, 0.3) is 6.10 Å². The highest BCUT2D eigenvalue weighted by Gasteiger charge is 2.60. The molecule has 25 heavy (non-hydrogen) atoms. The van der Waals surface area contributed by atoms with E-state index in [2.05, 4.69) is 4.74 Å². The molecule has 0 aromatic heterocycles. The Morgan fingerprint density at radius 3 is 1.96 bits per heavy atom. The molecular formula is C14H14F6N2O2S. The van der Waals surface area contributed by atoms with Gasteiger partial charge < -0.3 is 9.64 Å². The first kappa shape index (κ1) is 19.7. The standard InChI is InChI=1S/C14H14F6N2O2S/c15-13(16,17)11(14(18,19)20)24-12(23)21-6-8-22(9-7-21)25-10-4-2-1-3-5-10/h1-5,11H,6-9H2. The smallest absolute Gasteiger partial charge is 0.426 e. The van der Waals surface area contributed by atoms with Crippen LogP contribution >= 0.6 is 11.9 Å². The van der Waals surface area contributed by atoms with Crippen molar-refractivity contribution in [3.8, 4) is 0 Å². The summed E-state index contributed by atoms with van der Waals surface area (Å²) in [6.07, 6.45) is -17.2. The zero-order chi connectivity index (χ0) is 18.7. The second kappa shape index (κ2) is 7.73. The monoisotopic (exact) mass is 388 g/mol. The Balaban J connectivity index is 1.88. The van der Waals surface area contributed by atoms with E-state index in [0.717, 1.165) is 9.80 Å². The number of alkyl halides is 6. The minimum atomic E-state index is -5.71. The molecule has 0 atom stereocenters. The lowest BCUT2D eigenvalue weighted by Crippen LogP contribution is -2.51. The second-order valence-corrected chi connectivity index (χ2v) is 6.34. The van der Waals surface area contributed by atoms with Crippen LogP contribution in [0.2, 0.25) is 0 Å². The van der Waals surface area contributed by atoms with E-state index in [0.29, 0.717) is 0 Å². The van der Waals surface area contributed by atoms with Crippen LogP contribution < -0.4 is 0 Å². The number of rotatable bonds is 3. The zero-order valence-electron chi connectivity index (χ0n) is 12.7. The molecule has 0 spiro atoms. The van der Waals surface area contributed by atoms with Gasteiger partial charge in [0, 0.05) is 31.1 Å². The van der Waals surface area contributed by atoms with Crippen molar-refractivity contribution in [1.29, 1.82) is 0 Å². The molecule has 11 heteroatoms. The number of ether oxygens (including phenoxy) is 1. The molecule has 1 aromatic carbocycles. The van der Waals surface area contributed by atoms with E-state index in [-0.39, 0.29) is 26.2 Å². The minimum Gasteiger partial charge on any atom is -0.426 e. The van der Waals surface area contributed by atoms with Crippen LogP contribution in [0.3, 0.4) is 0 Å². The highest BCUT2D eigenvalue weighted by atomic mass is 32.2. The molecule has 0 bridgehead atoms. The molecule has 4 nitrogen and oxygen atoms in total. The molecule has 0 aliphatic carbocycles. The van der Waals surface area contributed by atoms with Gasteiger partial charge in [0.05, 0.1) is 0 Å². The average molecular weight is 388 g/mol. The van der Waals surface area contributed by atoms with Crippen molar-refractivity contribution < 1.29 is 35.9 Å². The van der Waals surface area contributed by atoms with Gasteiger partial charge in [-0.05, 0) is 24.1 Å². The Morgan fingerprint density at radius 1 is 0.960 bits per heavy atom. The molecule has 1 aliphatic heterocycles. The van der Waals surface area contributed by atoms with Crippen molar-refractivity contribution in [2.45, 2.75) is 23.4 Å². The summed E-state index contributed by atoms with van der Waals surface area (Å²) in [5, 5.41) is 0. The van der Waals surface area contributed by atoms with E-state index in [4.69, 9.17) is 0 Å². The lowest BCUT2D eigenvalue weighted by atomic mass is 10.3. The van der Waals surface area contributed by atoms with Crippen molar-refractivity contribution in [2.75, 3.05) is 26.2 Å². The maximum absolute atomic E-state index is 12.4. The van der Waals surface area contributed by atoms with Gasteiger partial charge in [-0.1, -0.05) is 18.2 Å². The SMILES string of the molecule is O=C(OC(C(F)(F)F)C(F)(F)F)N1CCN(Sc2ccccc2)CC1. The highest BCUT2D eigenvalue weighted by molar-refractivity contribution is 7.97. The largest absolute Gasteiger partial charge is 0.434 e. The van der Waals surface area contributed by atoms with E-state index < -0.39 is 24.5 Å². The number of hydrogen-bond acceptors (Lipinski definition) is 4. The van der Waals surface area contributed by atoms with E-state index in [9.17, 15) is 31.1 Å². The Morgan fingerprint density at radius 2 is 1.48 bits per heavy atom. The Labute approximate surface area is 143 Å². The van der Waals surface area contributed by atoms with Crippen LogP contribution in [0.1, 0.15) is 0 Å². The fourth-order valence-corrected chi connectivity index (χ4v) is 3.01. The normalized spacial score (nSPS) is 17.0. The third kappa shape index (κ3) is 5.70. The number of hydrogen-bond donors (Lipinski definition) is 0. The molecule has 1 aliphatic rings. The maximum atomic E-state index is 12.4. The van der Waals surface area contributed by atoms with Crippen LogP contribution in [0.25, 0.3) is 0 Å². The first-order valence-electron chi connectivity index (χ1n) is 7.14. The van der Waals surface area contributed by atoms with Gasteiger partial charge >= 0.3 is 18.4 Å². The van der Waals surface area contributed by atoms with Crippen LogP contribution in [0.5, 0.6) is 0 Å². The van der Waals surface area contributed by atoms with Gasteiger partial charge in [0.1, 0.15) is 0 Å². The molecule has 2 rings (SSSR count). The molecule has 0 N–H and O–H groups in total. The highest BCUT2D eigenvalue weighted by Crippen LogP contribution is 2.36. The fourth-order valence-electron chi connectivity index (χ4n) is 2.09. The lowest BCUT2D eigenvalue weighted by Gasteiger charge is -2.34. The van der Waals surface area contributed by atoms with Gasteiger partial charge in [-0.3, -0.25) is 0 Å². The van der Waals surface area contributed by atoms with Gasteiger partial charge in [-0.25, -0.2) is 9.10 Å². The lowest BCUT2D eigenvalue weighted by molar-refractivity contribution is -0.308. The molecule has 140 valence electrons. The van der Waals surface area contributed by atoms with Crippen molar-refractivity contribution in [3.05, 3.63) is 30.3 Å². The van der Waals surface area contributed by atoms with Gasteiger partial charge in [0.2, 0.25) is 0 Å². The Kier molecular flexibility index (Phi) is 6.09. The molecule has 0 unspecified atom stereocenters. The first-order valence-corrected chi connectivity index (χ1v) is 7.91. The number of amides is 1. The zero-order valence-corrected chi connectivity index (χ0v) is 13.5. The molecule has 1 fully saturated rings. The number of carbonyl (C=O) groups excluding carboxylic acids is 1. The summed E-state index contributed by atoms with van der Waals surface area (Å²) < 4.78 is 80.1. The summed E-state index contributed by atoms with van der Waals surface area (Å²) in [5.74, 6) is 0.